The van der Waals surface area contributed by atoms with Gasteiger partial charge in [-0.2, -0.15) is 0 Å². The number of carbonyl (C=O) groups excluding carboxylic acids is 1. The highest BCUT2D eigenvalue weighted by Crippen LogP contribution is 2.21. The fourth-order valence-corrected chi connectivity index (χ4v) is 3.88. The highest BCUT2D eigenvalue weighted by atomic mass is 32.2. The maximum absolute atomic E-state index is 12.4. The Balaban J connectivity index is 1.89. The minimum atomic E-state index is -1.01. The van der Waals surface area contributed by atoms with Crippen LogP contribution in [0.4, 0.5) is 0 Å². The van der Waals surface area contributed by atoms with E-state index < -0.39 is 35.4 Å². The number of hydrogen-bond acceptors (Lipinski definition) is 6. The molecule has 0 saturated carbocycles. The summed E-state index contributed by atoms with van der Waals surface area (Å²) in [7, 11) is 0. The molecule has 4 atom stereocenters. The molecule has 1 heterocycles. The number of carbonyl (C=O) groups is 3. The first-order chi connectivity index (χ1) is 11.9. The lowest BCUT2D eigenvalue weighted by Crippen LogP contribution is -2.51. The minimum Gasteiger partial charge on any atom is -0.480 e. The normalized spacial score (nSPS) is 22.3. The predicted octanol–water partition coefficient (Wildman–Crippen LogP) is 0.735. The quantitative estimate of drug-likeness (QED) is 0.506. The standard InChI is InChI=1S/C17H22N2O5S/c1-10(14(20)15-19-13(9-25-15)17(23)24)18-12(16(21)22)8-7-11-5-3-2-4-6-11/h2-6,10,12-13,15,18-19H,7-9H2,1H3,(H,21,22)(H,23,24)/t10-,12?,13?,15?/m0/s1. The Morgan fingerprint density at radius 3 is 2.52 bits per heavy atom. The minimum absolute atomic E-state index is 0.236. The van der Waals surface area contributed by atoms with Crippen molar-refractivity contribution in [2.24, 2.45) is 0 Å². The highest BCUT2D eigenvalue weighted by molar-refractivity contribution is 8.00. The van der Waals surface area contributed by atoms with E-state index in [1.165, 1.54) is 11.8 Å². The number of ketones is 1. The SMILES string of the molecule is C[C@H](NC(CCc1ccccc1)C(=O)O)C(=O)C1NC(C(=O)O)CS1. The van der Waals surface area contributed by atoms with Gasteiger partial charge in [-0.05, 0) is 25.3 Å². The van der Waals surface area contributed by atoms with Crippen molar-refractivity contribution in [3.63, 3.8) is 0 Å². The molecule has 4 N–H and O–H groups in total. The van der Waals surface area contributed by atoms with Crippen LogP contribution in [0.25, 0.3) is 0 Å². The Morgan fingerprint density at radius 1 is 1.28 bits per heavy atom. The van der Waals surface area contributed by atoms with Crippen molar-refractivity contribution in [2.45, 2.75) is 43.3 Å². The number of Topliss-reactive ketones (excluding diaryl/α,β-unsaturated/α-hetero) is 1. The third kappa shape index (κ3) is 5.55. The molecule has 0 aromatic heterocycles. The zero-order chi connectivity index (χ0) is 18.4. The van der Waals surface area contributed by atoms with Gasteiger partial charge in [0.1, 0.15) is 17.5 Å². The summed E-state index contributed by atoms with van der Waals surface area (Å²) in [5.41, 5.74) is 1.03. The molecule has 8 heteroatoms. The van der Waals surface area contributed by atoms with E-state index in [-0.39, 0.29) is 5.78 Å². The van der Waals surface area contributed by atoms with Crippen molar-refractivity contribution >= 4 is 29.5 Å². The van der Waals surface area contributed by atoms with Gasteiger partial charge in [0.25, 0.3) is 0 Å². The van der Waals surface area contributed by atoms with Crippen molar-refractivity contribution in [1.82, 2.24) is 10.6 Å². The number of aliphatic carboxylic acids is 2. The average Bonchev–Trinajstić information content (AvgIpc) is 3.08. The largest absolute Gasteiger partial charge is 0.480 e. The van der Waals surface area contributed by atoms with Gasteiger partial charge in [0, 0.05) is 5.75 Å². The second-order valence-electron chi connectivity index (χ2n) is 5.98. The second-order valence-corrected chi connectivity index (χ2v) is 7.11. The summed E-state index contributed by atoms with van der Waals surface area (Å²) in [6.07, 6.45) is 0.948. The monoisotopic (exact) mass is 366 g/mol. The van der Waals surface area contributed by atoms with Crippen LogP contribution in [-0.2, 0) is 20.8 Å². The Labute approximate surface area is 150 Å². The maximum Gasteiger partial charge on any atom is 0.321 e. The number of nitrogens with one attached hydrogen (secondary N) is 2. The van der Waals surface area contributed by atoms with Crippen LogP contribution in [0, 0.1) is 0 Å². The molecule has 1 fully saturated rings. The van der Waals surface area contributed by atoms with E-state index in [1.54, 1.807) is 6.92 Å². The van der Waals surface area contributed by atoms with Crippen LogP contribution in [0.15, 0.2) is 30.3 Å². The molecule has 2 rings (SSSR count). The third-order valence-corrected chi connectivity index (χ3v) is 5.31. The van der Waals surface area contributed by atoms with Crippen LogP contribution in [0.1, 0.15) is 18.9 Å². The summed E-state index contributed by atoms with van der Waals surface area (Å²) in [6, 6.07) is 7.26. The number of benzene rings is 1. The van der Waals surface area contributed by atoms with Gasteiger partial charge >= 0.3 is 11.9 Å². The number of aryl methyl sites for hydroxylation is 1. The Hall–Kier alpha value is -1.90. The molecule has 7 nitrogen and oxygen atoms in total. The van der Waals surface area contributed by atoms with E-state index in [0.29, 0.717) is 18.6 Å². The van der Waals surface area contributed by atoms with Crippen LogP contribution in [0.2, 0.25) is 0 Å². The summed E-state index contributed by atoms with van der Waals surface area (Å²) in [5, 5.41) is 23.3. The molecule has 0 bridgehead atoms. The summed E-state index contributed by atoms with van der Waals surface area (Å²) in [5.74, 6) is -1.92. The Bertz CT molecular complexity index is 625. The molecule has 1 aliphatic heterocycles. The summed E-state index contributed by atoms with van der Waals surface area (Å²) < 4.78 is 0. The van der Waals surface area contributed by atoms with Crippen LogP contribution in [0.3, 0.4) is 0 Å². The number of carboxylic acids is 2. The molecule has 3 unspecified atom stereocenters. The molecular weight excluding hydrogens is 344 g/mol. The number of rotatable bonds is 9. The van der Waals surface area contributed by atoms with Gasteiger partial charge in [0.2, 0.25) is 0 Å². The van der Waals surface area contributed by atoms with Gasteiger partial charge in [0.15, 0.2) is 5.78 Å². The zero-order valence-corrected chi connectivity index (χ0v) is 14.7. The van der Waals surface area contributed by atoms with E-state index in [4.69, 9.17) is 5.11 Å². The first-order valence-corrected chi connectivity index (χ1v) is 9.10. The number of thioether (sulfide) groups is 1. The lowest BCUT2D eigenvalue weighted by molar-refractivity contribution is -0.140. The van der Waals surface area contributed by atoms with Gasteiger partial charge < -0.3 is 10.2 Å². The molecule has 25 heavy (non-hydrogen) atoms. The molecule has 1 aliphatic rings. The van der Waals surface area contributed by atoms with E-state index in [0.717, 1.165) is 5.56 Å². The summed E-state index contributed by atoms with van der Waals surface area (Å²) >= 11 is 1.23. The smallest absolute Gasteiger partial charge is 0.321 e. The van der Waals surface area contributed by atoms with E-state index in [1.807, 2.05) is 30.3 Å². The Morgan fingerprint density at radius 2 is 1.96 bits per heavy atom. The molecule has 1 aromatic carbocycles. The summed E-state index contributed by atoms with van der Waals surface area (Å²) in [4.78, 5) is 34.8. The topological polar surface area (TPSA) is 116 Å². The van der Waals surface area contributed by atoms with Crippen molar-refractivity contribution in [2.75, 3.05) is 5.75 Å². The molecule has 0 aliphatic carbocycles. The van der Waals surface area contributed by atoms with E-state index in [2.05, 4.69) is 10.6 Å². The van der Waals surface area contributed by atoms with Crippen molar-refractivity contribution in [3.05, 3.63) is 35.9 Å². The van der Waals surface area contributed by atoms with Gasteiger partial charge in [-0.15, -0.1) is 11.8 Å². The zero-order valence-electron chi connectivity index (χ0n) is 13.8. The number of hydrogen-bond donors (Lipinski definition) is 4. The first-order valence-electron chi connectivity index (χ1n) is 8.05. The molecule has 1 saturated heterocycles. The van der Waals surface area contributed by atoms with Gasteiger partial charge in [0.05, 0.1) is 6.04 Å². The third-order valence-electron chi connectivity index (χ3n) is 4.08. The molecular formula is C17H22N2O5S. The lowest BCUT2D eigenvalue weighted by Gasteiger charge is -2.21. The van der Waals surface area contributed by atoms with Gasteiger partial charge in [-0.3, -0.25) is 25.0 Å². The van der Waals surface area contributed by atoms with Crippen LogP contribution < -0.4 is 10.6 Å². The van der Waals surface area contributed by atoms with Crippen molar-refractivity contribution in [3.8, 4) is 0 Å². The average molecular weight is 366 g/mol. The van der Waals surface area contributed by atoms with Crippen molar-refractivity contribution in [1.29, 1.82) is 0 Å². The molecule has 136 valence electrons. The highest BCUT2D eigenvalue weighted by Gasteiger charge is 2.36. The van der Waals surface area contributed by atoms with Crippen LogP contribution >= 0.6 is 11.8 Å². The predicted molar refractivity (Wildman–Crippen MR) is 94.6 cm³/mol. The molecule has 0 spiro atoms. The molecule has 0 radical (unpaired) electrons. The van der Waals surface area contributed by atoms with Crippen molar-refractivity contribution < 1.29 is 24.6 Å². The Kier molecular flexibility index (Phi) is 6.98. The molecule has 0 amide bonds. The summed E-state index contributed by atoms with van der Waals surface area (Å²) in [6.45, 7) is 1.61. The fourth-order valence-electron chi connectivity index (χ4n) is 2.62. The van der Waals surface area contributed by atoms with Gasteiger partial charge in [-0.1, -0.05) is 30.3 Å². The van der Waals surface area contributed by atoms with Crippen LogP contribution in [-0.4, -0.2) is 57.2 Å². The second kappa shape index (κ2) is 8.98. The van der Waals surface area contributed by atoms with E-state index in [9.17, 15) is 19.5 Å². The fraction of sp³-hybridized carbons (Fsp3) is 0.471. The maximum atomic E-state index is 12.4. The van der Waals surface area contributed by atoms with Gasteiger partial charge in [-0.25, -0.2) is 0 Å². The number of carboxylic acid groups (broad SMARTS) is 2. The van der Waals surface area contributed by atoms with E-state index >= 15 is 0 Å². The van der Waals surface area contributed by atoms with Crippen LogP contribution in [0.5, 0.6) is 0 Å². The molecule has 1 aromatic rings. The lowest BCUT2D eigenvalue weighted by atomic mass is 10.0. The first kappa shape index (κ1) is 19.4.